The van der Waals surface area contributed by atoms with Crippen LogP contribution in [0.4, 0.5) is 13.2 Å². The molecule has 0 saturated heterocycles. The topological polar surface area (TPSA) is 46.9 Å². The van der Waals surface area contributed by atoms with E-state index in [0.29, 0.717) is 4.68 Å². The third kappa shape index (κ3) is 3.14. The Hall–Kier alpha value is -1.83. The summed E-state index contributed by atoms with van der Waals surface area (Å²) >= 11 is 1.45. The van der Waals surface area contributed by atoms with E-state index in [0.717, 1.165) is 18.0 Å². The number of hydrogen-bond acceptors (Lipinski definition) is 3. The molecule has 0 bridgehead atoms. The van der Waals surface area contributed by atoms with E-state index >= 15 is 0 Å². The van der Waals surface area contributed by atoms with E-state index < -0.39 is 17.8 Å². The van der Waals surface area contributed by atoms with Crippen molar-refractivity contribution >= 4 is 17.2 Å². The fourth-order valence-electron chi connectivity index (χ4n) is 1.51. The number of carbonyl (C=O) groups excluding carboxylic acids is 1. The lowest BCUT2D eigenvalue weighted by atomic mass is 10.3. The number of aryl methyl sites for hydroxylation is 1. The molecule has 102 valence electrons. The molecule has 0 aromatic carbocycles. The van der Waals surface area contributed by atoms with Gasteiger partial charge in [-0.15, -0.1) is 11.3 Å². The maximum Gasteiger partial charge on any atom is 0.433 e. The van der Waals surface area contributed by atoms with Gasteiger partial charge in [-0.05, 0) is 11.4 Å². The smallest absolute Gasteiger partial charge is 0.346 e. The van der Waals surface area contributed by atoms with Crippen molar-refractivity contribution in [3.63, 3.8) is 0 Å². The maximum absolute atomic E-state index is 12.5. The van der Waals surface area contributed by atoms with Crippen LogP contribution >= 0.6 is 11.3 Å². The van der Waals surface area contributed by atoms with Crippen molar-refractivity contribution in [1.29, 1.82) is 0 Å². The van der Waals surface area contributed by atoms with Gasteiger partial charge in [-0.3, -0.25) is 9.48 Å². The number of nitrogens with one attached hydrogen (secondary N) is 1. The van der Waals surface area contributed by atoms with E-state index in [-0.39, 0.29) is 12.2 Å². The van der Waals surface area contributed by atoms with Crippen LogP contribution in [0.3, 0.4) is 0 Å². The Balaban J connectivity index is 2.08. The third-order valence-corrected chi connectivity index (χ3v) is 3.28. The van der Waals surface area contributed by atoms with Gasteiger partial charge in [0.05, 0.1) is 6.54 Å². The second kappa shape index (κ2) is 5.04. The predicted octanol–water partition coefficient (Wildman–Crippen LogP) is 2.43. The zero-order valence-corrected chi connectivity index (χ0v) is 10.7. The Morgan fingerprint density at radius 1 is 1.53 bits per heavy atom. The molecule has 0 saturated carbocycles. The molecule has 0 spiro atoms. The molecule has 0 aliphatic carbocycles. The lowest BCUT2D eigenvalue weighted by molar-refractivity contribution is -0.143. The molecular weight excluding hydrogens is 279 g/mol. The van der Waals surface area contributed by atoms with Crippen LogP contribution in [0.1, 0.15) is 21.1 Å². The highest BCUT2D eigenvalue weighted by atomic mass is 32.1. The fraction of sp³-hybridized carbons (Fsp3) is 0.273. The standard InChI is InChI=1S/C11H10F3N3OS/c1-17-9(11(12,13)14)5-8(16-17)10(18)15-6-7-3-2-4-19-7/h2-5H,6H2,1H3,(H,15,18). The van der Waals surface area contributed by atoms with E-state index in [1.54, 1.807) is 0 Å². The molecule has 4 nitrogen and oxygen atoms in total. The summed E-state index contributed by atoms with van der Waals surface area (Å²) in [6.45, 7) is 0.272. The molecule has 0 unspecified atom stereocenters. The van der Waals surface area contributed by atoms with Gasteiger partial charge in [0.1, 0.15) is 5.69 Å². The Kier molecular flexibility index (Phi) is 3.61. The number of aromatic nitrogens is 2. The highest BCUT2D eigenvalue weighted by Gasteiger charge is 2.35. The molecule has 2 heterocycles. The molecule has 2 aromatic heterocycles. The first-order valence-electron chi connectivity index (χ1n) is 5.30. The number of hydrogen-bond donors (Lipinski definition) is 1. The minimum Gasteiger partial charge on any atom is -0.346 e. The number of amides is 1. The summed E-state index contributed by atoms with van der Waals surface area (Å²) in [5.74, 6) is -0.625. The normalized spacial score (nSPS) is 11.6. The van der Waals surface area contributed by atoms with Crippen molar-refractivity contribution in [2.24, 2.45) is 7.05 Å². The van der Waals surface area contributed by atoms with Gasteiger partial charge in [0.25, 0.3) is 5.91 Å². The summed E-state index contributed by atoms with van der Waals surface area (Å²) in [6, 6.07) is 4.39. The fourth-order valence-corrected chi connectivity index (χ4v) is 2.16. The molecule has 0 aliphatic rings. The van der Waals surface area contributed by atoms with Gasteiger partial charge in [0.15, 0.2) is 5.69 Å². The van der Waals surface area contributed by atoms with E-state index in [1.807, 2.05) is 17.5 Å². The number of alkyl halides is 3. The van der Waals surface area contributed by atoms with Crippen LogP contribution in [-0.4, -0.2) is 15.7 Å². The Bertz CT molecular complexity index is 575. The summed E-state index contributed by atoms with van der Waals surface area (Å²) in [4.78, 5) is 12.6. The zero-order chi connectivity index (χ0) is 14.0. The van der Waals surface area contributed by atoms with Crippen molar-refractivity contribution in [2.45, 2.75) is 12.7 Å². The summed E-state index contributed by atoms with van der Waals surface area (Å²) in [5, 5.41) is 7.94. The van der Waals surface area contributed by atoms with E-state index in [9.17, 15) is 18.0 Å². The minimum absolute atomic E-state index is 0.244. The molecule has 0 aliphatic heterocycles. The second-order valence-corrected chi connectivity index (χ2v) is 4.83. The lowest BCUT2D eigenvalue weighted by Crippen LogP contribution is -2.22. The molecule has 0 atom stereocenters. The SMILES string of the molecule is Cn1nc(C(=O)NCc2cccs2)cc1C(F)(F)F. The first kappa shape index (κ1) is 13.6. The van der Waals surface area contributed by atoms with Crippen molar-refractivity contribution in [1.82, 2.24) is 15.1 Å². The highest BCUT2D eigenvalue weighted by Crippen LogP contribution is 2.29. The van der Waals surface area contributed by atoms with Gasteiger partial charge in [0, 0.05) is 18.0 Å². The van der Waals surface area contributed by atoms with Crippen molar-refractivity contribution in [3.8, 4) is 0 Å². The van der Waals surface area contributed by atoms with Crippen LogP contribution < -0.4 is 5.32 Å². The first-order valence-corrected chi connectivity index (χ1v) is 6.17. The van der Waals surface area contributed by atoms with Crippen molar-refractivity contribution < 1.29 is 18.0 Å². The Labute approximate surface area is 110 Å². The Morgan fingerprint density at radius 2 is 2.26 bits per heavy atom. The van der Waals surface area contributed by atoms with Gasteiger partial charge in [-0.25, -0.2) is 0 Å². The van der Waals surface area contributed by atoms with Gasteiger partial charge < -0.3 is 5.32 Å². The van der Waals surface area contributed by atoms with Crippen LogP contribution in [0, 0.1) is 0 Å². The van der Waals surface area contributed by atoms with Gasteiger partial charge in [-0.1, -0.05) is 6.07 Å². The van der Waals surface area contributed by atoms with E-state index in [4.69, 9.17) is 0 Å². The summed E-state index contributed by atoms with van der Waals surface area (Å²) in [7, 11) is 1.15. The number of thiophene rings is 1. The number of rotatable bonds is 3. The van der Waals surface area contributed by atoms with Crippen LogP contribution in [0.5, 0.6) is 0 Å². The van der Waals surface area contributed by atoms with E-state index in [1.165, 1.54) is 11.3 Å². The molecule has 0 radical (unpaired) electrons. The highest BCUT2D eigenvalue weighted by molar-refractivity contribution is 7.09. The zero-order valence-electron chi connectivity index (χ0n) is 9.86. The summed E-state index contributed by atoms with van der Waals surface area (Å²) in [6.07, 6.45) is -4.52. The predicted molar refractivity (Wildman–Crippen MR) is 63.7 cm³/mol. The quantitative estimate of drug-likeness (QED) is 0.943. The van der Waals surface area contributed by atoms with Crippen molar-refractivity contribution in [3.05, 3.63) is 39.8 Å². The molecule has 19 heavy (non-hydrogen) atoms. The molecule has 8 heteroatoms. The van der Waals surface area contributed by atoms with Crippen LogP contribution in [0.25, 0.3) is 0 Å². The molecular formula is C11H10F3N3OS. The molecule has 2 rings (SSSR count). The van der Waals surface area contributed by atoms with Crippen LogP contribution in [-0.2, 0) is 19.8 Å². The number of nitrogens with zero attached hydrogens (tertiary/aromatic N) is 2. The molecule has 1 N–H and O–H groups in total. The second-order valence-electron chi connectivity index (χ2n) is 3.80. The number of halogens is 3. The van der Waals surface area contributed by atoms with Crippen molar-refractivity contribution in [2.75, 3.05) is 0 Å². The summed E-state index contributed by atoms with van der Waals surface area (Å²) < 4.78 is 38.3. The van der Waals surface area contributed by atoms with Crippen LogP contribution in [0.2, 0.25) is 0 Å². The lowest BCUT2D eigenvalue weighted by Gasteiger charge is -2.04. The molecule has 0 fully saturated rings. The van der Waals surface area contributed by atoms with E-state index in [2.05, 4.69) is 10.4 Å². The largest absolute Gasteiger partial charge is 0.433 e. The summed E-state index contributed by atoms with van der Waals surface area (Å²) in [5.41, 5.74) is -1.19. The third-order valence-electron chi connectivity index (χ3n) is 2.41. The number of carbonyl (C=O) groups is 1. The minimum atomic E-state index is -4.52. The van der Waals surface area contributed by atoms with Crippen LogP contribution in [0.15, 0.2) is 23.6 Å². The maximum atomic E-state index is 12.5. The average molecular weight is 289 g/mol. The molecule has 2 aromatic rings. The molecule has 1 amide bonds. The van der Waals surface area contributed by atoms with Gasteiger partial charge >= 0.3 is 6.18 Å². The van der Waals surface area contributed by atoms with Gasteiger partial charge in [-0.2, -0.15) is 18.3 Å². The first-order chi connectivity index (χ1) is 8.88. The van der Waals surface area contributed by atoms with Gasteiger partial charge in [0.2, 0.25) is 0 Å². The Morgan fingerprint density at radius 3 is 2.79 bits per heavy atom. The monoisotopic (exact) mass is 289 g/mol. The average Bonchev–Trinajstić information content (AvgIpc) is 2.93.